The minimum Gasteiger partial charge on any atom is -1.00 e. The first-order chi connectivity index (χ1) is 1.41. The Bertz CT molecular complexity index is 30.6. The summed E-state index contributed by atoms with van der Waals surface area (Å²) in [6, 6.07) is 0. The van der Waals surface area contributed by atoms with Gasteiger partial charge in [0.1, 0.15) is 0 Å². The maximum absolute atomic E-state index is 8.29. The van der Waals surface area contributed by atoms with Crippen molar-refractivity contribution in [1.29, 1.82) is 0 Å². The Kier molecular flexibility index (Phi) is 131. The monoisotopic (exact) mass is 117 g/mol. The van der Waals surface area contributed by atoms with Gasteiger partial charge in [-0.3, -0.25) is 0 Å². The molecule has 34 valence electrons. The molecule has 0 heterocycles. The van der Waals surface area contributed by atoms with Crippen LogP contribution in [0.15, 0.2) is 0 Å². The lowest BCUT2D eigenvalue weighted by Crippen LogP contribution is -3.00. The molecule has 0 saturated carbocycles. The highest BCUT2D eigenvalue weighted by Gasteiger charge is 1.12. The molecule has 0 radical (unpaired) electrons. The normalized spacial score (nSPS) is 2.40. The van der Waals surface area contributed by atoms with Gasteiger partial charge in [-0.15, -0.1) is 0 Å². The molecule has 3 nitrogen and oxygen atoms in total. The second-order valence-electron chi connectivity index (χ2n) is 0.0680. The average molecular weight is 118 g/mol. The zero-order valence-corrected chi connectivity index (χ0v) is 4.18. The van der Waals surface area contributed by atoms with Crippen molar-refractivity contribution in [1.82, 2.24) is 6.15 Å². The summed E-state index contributed by atoms with van der Waals surface area (Å²) in [6.07, 6.45) is 0. The third kappa shape index (κ3) is 3560. The zero-order valence-electron chi connectivity index (χ0n) is 2.60. The topological polar surface area (TPSA) is 70.6 Å². The highest BCUT2D eigenvalue weighted by molar-refractivity contribution is 7.51. The van der Waals surface area contributed by atoms with Crippen molar-refractivity contribution in [3.05, 3.63) is 0 Å². The summed E-state index contributed by atoms with van der Waals surface area (Å²) in [5.41, 5.74) is 0. The molecule has 0 atom stereocenters. The van der Waals surface area contributed by atoms with Crippen molar-refractivity contribution < 1.29 is 20.8 Å². The van der Waals surface area contributed by atoms with E-state index in [1.165, 1.54) is 0 Å². The highest BCUT2D eigenvalue weighted by atomic mass is 35.5. The molecule has 0 fully saturated rings. The Morgan fingerprint density at radius 1 is 1.20 bits per heavy atom. The van der Waals surface area contributed by atoms with Crippen molar-refractivity contribution in [2.24, 2.45) is 0 Å². The van der Waals surface area contributed by atoms with E-state index in [0.29, 0.717) is 0 Å². The third-order valence-electron chi connectivity index (χ3n) is 0. The first-order valence-electron chi connectivity index (χ1n) is 0.333. The lowest BCUT2D eigenvalue weighted by atomic mass is 14.0. The Balaban J connectivity index is -0.0000000200. The summed E-state index contributed by atoms with van der Waals surface area (Å²) in [5.74, 6) is 0. The van der Waals surface area contributed by atoms with E-state index in [4.69, 9.17) is 8.42 Å². The fraction of sp³-hybridized carbons (Fsp3) is 0. The van der Waals surface area contributed by atoms with Gasteiger partial charge in [-0.2, -0.15) is 8.42 Å². The van der Waals surface area contributed by atoms with Crippen LogP contribution in [0.2, 0.25) is 0 Å². The van der Waals surface area contributed by atoms with E-state index in [1.54, 1.807) is 0 Å². The fourth-order valence-electron chi connectivity index (χ4n) is 0. The minimum absolute atomic E-state index is 0. The van der Waals surface area contributed by atoms with Crippen LogP contribution >= 0.6 is 0 Å². The van der Waals surface area contributed by atoms with E-state index in [1.807, 2.05) is 0 Å². The highest BCUT2D eigenvalue weighted by Crippen LogP contribution is 0.846. The molecular formula is H4ClNO2S. The first-order valence-corrected chi connectivity index (χ1v) is 1.00. The molecule has 0 amide bonds. The molecule has 0 aliphatic rings. The molecular weight excluding hydrogens is 114 g/mol. The molecule has 0 unspecified atom stereocenters. The smallest absolute Gasteiger partial charge is 0.335 e. The van der Waals surface area contributed by atoms with Crippen molar-refractivity contribution in [2.45, 2.75) is 0 Å². The number of hydrogen-bond acceptors (Lipinski definition) is 2. The van der Waals surface area contributed by atoms with Gasteiger partial charge in [0.25, 0.3) is 0 Å². The van der Waals surface area contributed by atoms with Crippen molar-refractivity contribution >= 4 is 11.6 Å². The summed E-state index contributed by atoms with van der Waals surface area (Å²) < 4.78 is 16.6. The van der Waals surface area contributed by atoms with Crippen LogP contribution in [0.25, 0.3) is 0 Å². The summed E-state index contributed by atoms with van der Waals surface area (Å²) in [7, 11) is 0. The quantitative estimate of drug-likeness (QED) is 0.361. The van der Waals surface area contributed by atoms with Gasteiger partial charge in [-0.1, -0.05) is 0 Å². The largest absolute Gasteiger partial charge is 1.00 e. The lowest BCUT2D eigenvalue weighted by molar-refractivity contribution is -0.00000315. The molecule has 0 spiro atoms. The van der Waals surface area contributed by atoms with Gasteiger partial charge in [0.05, 0.1) is 0 Å². The SMILES string of the molecule is O=S=O.[Cl-].[NH4+]. The maximum atomic E-state index is 8.29. The molecule has 0 aromatic carbocycles. The van der Waals surface area contributed by atoms with E-state index in [0.717, 1.165) is 0 Å². The Hall–Kier alpha value is 0.0700. The van der Waals surface area contributed by atoms with Crippen LogP contribution in [-0.4, -0.2) is 8.42 Å². The summed E-state index contributed by atoms with van der Waals surface area (Å²) in [4.78, 5) is 0. The van der Waals surface area contributed by atoms with Crippen LogP contribution in [0.5, 0.6) is 0 Å². The van der Waals surface area contributed by atoms with Crippen molar-refractivity contribution in [3.8, 4) is 0 Å². The molecule has 5 heavy (non-hydrogen) atoms. The predicted molar refractivity (Wildman–Crippen MR) is 14.9 cm³/mol. The van der Waals surface area contributed by atoms with Crippen LogP contribution in [0.1, 0.15) is 0 Å². The number of rotatable bonds is 0. The van der Waals surface area contributed by atoms with E-state index in [2.05, 4.69) is 0 Å². The number of halogens is 1. The molecule has 0 bridgehead atoms. The van der Waals surface area contributed by atoms with Gasteiger partial charge >= 0.3 is 11.6 Å². The lowest BCUT2D eigenvalue weighted by Gasteiger charge is -1.00. The van der Waals surface area contributed by atoms with Gasteiger partial charge in [0.2, 0.25) is 0 Å². The molecule has 0 saturated heterocycles. The number of hydrogen-bond donors (Lipinski definition) is 1. The molecule has 0 aliphatic carbocycles. The van der Waals surface area contributed by atoms with Gasteiger partial charge in [-0.05, 0) is 0 Å². The van der Waals surface area contributed by atoms with Crippen LogP contribution in [0.4, 0.5) is 0 Å². The van der Waals surface area contributed by atoms with E-state index in [-0.39, 0.29) is 18.6 Å². The predicted octanol–water partition coefficient (Wildman–Crippen LogP) is -3.29. The minimum atomic E-state index is -0.750. The van der Waals surface area contributed by atoms with Crippen LogP contribution in [0.3, 0.4) is 0 Å². The Morgan fingerprint density at radius 3 is 1.20 bits per heavy atom. The van der Waals surface area contributed by atoms with E-state index >= 15 is 0 Å². The van der Waals surface area contributed by atoms with Gasteiger partial charge in [0.15, 0.2) is 0 Å². The van der Waals surface area contributed by atoms with Gasteiger partial charge < -0.3 is 18.6 Å². The van der Waals surface area contributed by atoms with Gasteiger partial charge in [-0.25, -0.2) is 0 Å². The molecule has 0 aromatic heterocycles. The number of quaternary nitrogens is 1. The zero-order chi connectivity index (χ0) is 2.71. The standard InChI is InChI=1S/ClH.H3N.O2S/c;;1-3-2/h1H;1H3;. The first kappa shape index (κ1) is 19.6. The van der Waals surface area contributed by atoms with Crippen LogP contribution < -0.4 is 18.6 Å². The maximum Gasteiger partial charge on any atom is 0.335 e. The van der Waals surface area contributed by atoms with Crippen LogP contribution in [-0.2, 0) is 11.6 Å². The molecule has 0 rings (SSSR count). The van der Waals surface area contributed by atoms with E-state index < -0.39 is 11.6 Å². The summed E-state index contributed by atoms with van der Waals surface area (Å²) in [6.45, 7) is 0. The average Bonchev–Trinajstić information content (AvgIpc) is 0.918. The second-order valence-corrected chi connectivity index (χ2v) is 0.204. The molecule has 0 aliphatic heterocycles. The molecule has 0 aromatic rings. The Morgan fingerprint density at radius 2 is 1.20 bits per heavy atom. The molecule has 5 heteroatoms. The van der Waals surface area contributed by atoms with Crippen molar-refractivity contribution in [2.75, 3.05) is 0 Å². The van der Waals surface area contributed by atoms with Crippen molar-refractivity contribution in [3.63, 3.8) is 0 Å². The third-order valence-corrected chi connectivity index (χ3v) is 0. The summed E-state index contributed by atoms with van der Waals surface area (Å²) >= 11 is -0.750. The van der Waals surface area contributed by atoms with Gasteiger partial charge in [0, 0.05) is 0 Å². The second kappa shape index (κ2) is 33.5. The summed E-state index contributed by atoms with van der Waals surface area (Å²) in [5, 5.41) is 0. The fourth-order valence-corrected chi connectivity index (χ4v) is 0. The van der Waals surface area contributed by atoms with Crippen LogP contribution in [0, 0.1) is 0 Å². The Labute approximate surface area is 39.4 Å². The molecule has 4 N–H and O–H groups in total. The van der Waals surface area contributed by atoms with E-state index in [9.17, 15) is 0 Å².